The van der Waals surface area contributed by atoms with Gasteiger partial charge in [-0.2, -0.15) is 0 Å². The predicted octanol–water partition coefficient (Wildman–Crippen LogP) is 4.75. The first-order chi connectivity index (χ1) is 20.7. The number of likely N-dealkylation sites (tertiary alicyclic amines) is 1. The molecule has 4 aliphatic rings. The van der Waals surface area contributed by atoms with Crippen LogP contribution in [0.1, 0.15) is 80.1 Å². The summed E-state index contributed by atoms with van der Waals surface area (Å²) >= 11 is 0. The van der Waals surface area contributed by atoms with E-state index >= 15 is 0 Å². The summed E-state index contributed by atoms with van der Waals surface area (Å²) in [5.74, 6) is -1.10. The minimum Gasteiger partial charge on any atom is -0.463 e. The van der Waals surface area contributed by atoms with Gasteiger partial charge >= 0.3 is 12.1 Å². The van der Waals surface area contributed by atoms with E-state index in [2.05, 4.69) is 31.0 Å². The van der Waals surface area contributed by atoms with Crippen LogP contribution in [0.4, 0.5) is 4.79 Å². The monoisotopic (exact) mass is 618 g/mol. The van der Waals surface area contributed by atoms with E-state index in [4.69, 9.17) is 18.9 Å². The summed E-state index contributed by atoms with van der Waals surface area (Å²) in [7, 11) is 3.54. The first kappa shape index (κ1) is 34.6. The number of imide groups is 1. The fourth-order valence-electron chi connectivity index (χ4n) is 9.29. The fourth-order valence-corrected chi connectivity index (χ4v) is 9.29. The lowest BCUT2D eigenvalue weighted by Gasteiger charge is -2.62. The molecule has 1 N–H and O–H groups in total. The standard InChI is InChI=1S/C34H54N2O8/c1-9-42-27(38)12-14-32(5)18-26(44-31(40)35-30(39)24-19-36(7)17-13-21(24)2)33(6)22(3)10-15-34(16-11-25(37)28(33)34)23(4)29(32)43-20-41-8/h12,14,21-24,26,28-29H,9-11,13,15-20H2,1-8H3,(H,35,39,40)/b14-12+/t21-,22+,23-,24-,26+,28?,29-,32+,33-,34?/m0/s1. The number of ether oxygens (including phenoxy) is 4. The summed E-state index contributed by atoms with van der Waals surface area (Å²) in [5.41, 5.74) is -1.86. The molecule has 2 amide bonds. The predicted molar refractivity (Wildman–Crippen MR) is 164 cm³/mol. The number of carbonyl (C=O) groups is 4. The summed E-state index contributed by atoms with van der Waals surface area (Å²) in [6, 6.07) is 0. The number of nitrogens with one attached hydrogen (secondary N) is 1. The smallest absolute Gasteiger partial charge is 0.414 e. The van der Waals surface area contributed by atoms with Gasteiger partial charge in [0.15, 0.2) is 0 Å². The highest BCUT2D eigenvalue weighted by molar-refractivity contribution is 5.93. The van der Waals surface area contributed by atoms with Crippen LogP contribution in [-0.2, 0) is 33.3 Å². The van der Waals surface area contributed by atoms with Crippen LogP contribution in [-0.4, -0.2) is 81.5 Å². The Morgan fingerprint density at radius 3 is 2.52 bits per heavy atom. The Bertz CT molecular complexity index is 1130. The number of amides is 2. The van der Waals surface area contributed by atoms with Crippen molar-refractivity contribution < 1.29 is 38.1 Å². The van der Waals surface area contributed by atoms with Crippen LogP contribution in [0.2, 0.25) is 0 Å². The Morgan fingerprint density at radius 1 is 1.11 bits per heavy atom. The van der Waals surface area contributed by atoms with Crippen molar-refractivity contribution in [3.8, 4) is 0 Å². The molecule has 0 spiro atoms. The van der Waals surface area contributed by atoms with Gasteiger partial charge in [0.1, 0.15) is 18.7 Å². The number of hydrogen-bond donors (Lipinski definition) is 1. The number of esters is 1. The number of carbonyl (C=O) groups excluding carboxylic acids is 4. The van der Waals surface area contributed by atoms with Crippen LogP contribution in [0.3, 0.4) is 0 Å². The Balaban J connectivity index is 1.76. The number of ketones is 1. The normalized spacial score (nSPS) is 41.0. The summed E-state index contributed by atoms with van der Waals surface area (Å²) in [6.45, 7) is 14.0. The quantitative estimate of drug-likeness (QED) is 0.233. The second-order valence-electron chi connectivity index (χ2n) is 14.5. The molecule has 0 aromatic heterocycles. The van der Waals surface area contributed by atoms with Gasteiger partial charge in [-0.1, -0.05) is 40.7 Å². The van der Waals surface area contributed by atoms with Gasteiger partial charge < -0.3 is 23.8 Å². The molecule has 2 bridgehead atoms. The SMILES string of the molecule is CCOC(=O)/C=C/[C@]1(C)C[C@@H](OC(=O)NC(=O)[C@H]2CN(C)CC[C@@H]2C)[C@@]2(C)C3C(=O)CCC3(CC[C@H]2C)[C@@H](C)[C@@H]1OCOC. The van der Waals surface area contributed by atoms with Crippen LogP contribution in [0.5, 0.6) is 0 Å². The van der Waals surface area contributed by atoms with E-state index in [-0.39, 0.29) is 66.5 Å². The van der Waals surface area contributed by atoms with Crippen molar-refractivity contribution in [1.29, 1.82) is 0 Å². The first-order valence-electron chi connectivity index (χ1n) is 16.4. The topological polar surface area (TPSA) is 120 Å². The Kier molecular flexibility index (Phi) is 10.7. The summed E-state index contributed by atoms with van der Waals surface area (Å²) in [4.78, 5) is 55.4. The maximum atomic E-state index is 13.9. The second-order valence-corrected chi connectivity index (χ2v) is 14.5. The number of alkyl carbamates (subject to hydrolysis) is 1. The third-order valence-corrected chi connectivity index (χ3v) is 12.0. The van der Waals surface area contributed by atoms with E-state index in [0.717, 1.165) is 32.2 Å². The number of methoxy groups -OCH3 is 1. The third kappa shape index (κ3) is 6.36. The van der Waals surface area contributed by atoms with Gasteiger partial charge in [-0.05, 0) is 75.8 Å². The maximum Gasteiger partial charge on any atom is 0.414 e. The number of Topliss-reactive ketones (excluding diaryl/α,β-unsaturated/α-hetero) is 1. The third-order valence-electron chi connectivity index (χ3n) is 12.0. The molecule has 248 valence electrons. The molecule has 3 saturated carbocycles. The number of nitrogens with zero attached hydrogens (tertiary/aromatic N) is 1. The van der Waals surface area contributed by atoms with Crippen molar-refractivity contribution in [3.05, 3.63) is 12.2 Å². The average Bonchev–Trinajstić information content (AvgIpc) is 3.32. The fraction of sp³-hybridized carbons (Fsp3) is 0.824. The van der Waals surface area contributed by atoms with Gasteiger partial charge in [-0.15, -0.1) is 0 Å². The van der Waals surface area contributed by atoms with E-state index in [0.29, 0.717) is 13.0 Å². The van der Waals surface area contributed by atoms with E-state index < -0.39 is 35.1 Å². The maximum absolute atomic E-state index is 13.9. The van der Waals surface area contributed by atoms with Crippen molar-refractivity contribution in [1.82, 2.24) is 10.2 Å². The Hall–Kier alpha value is -2.30. The van der Waals surface area contributed by atoms with Crippen molar-refractivity contribution >= 4 is 23.8 Å². The van der Waals surface area contributed by atoms with Crippen LogP contribution in [0, 0.1) is 45.8 Å². The van der Waals surface area contributed by atoms with Gasteiger partial charge in [-0.3, -0.25) is 14.9 Å². The molecular weight excluding hydrogens is 564 g/mol. The van der Waals surface area contributed by atoms with Crippen molar-refractivity contribution in [3.63, 3.8) is 0 Å². The van der Waals surface area contributed by atoms with Crippen molar-refractivity contribution in [2.24, 2.45) is 45.8 Å². The van der Waals surface area contributed by atoms with Gasteiger partial charge in [0, 0.05) is 42.9 Å². The van der Waals surface area contributed by atoms with Crippen molar-refractivity contribution in [2.45, 2.75) is 92.3 Å². The lowest BCUT2D eigenvalue weighted by molar-refractivity contribution is -0.214. The molecule has 0 aromatic rings. The molecule has 1 heterocycles. The minimum absolute atomic E-state index is 0.0364. The Labute approximate surface area is 262 Å². The van der Waals surface area contributed by atoms with E-state index in [1.807, 2.05) is 27.0 Å². The molecule has 10 heteroatoms. The van der Waals surface area contributed by atoms with Crippen LogP contribution >= 0.6 is 0 Å². The zero-order valence-corrected chi connectivity index (χ0v) is 28.0. The number of hydrogen-bond acceptors (Lipinski definition) is 9. The van der Waals surface area contributed by atoms with Crippen LogP contribution < -0.4 is 5.32 Å². The molecule has 3 aliphatic carbocycles. The lowest BCUT2D eigenvalue weighted by Crippen LogP contribution is -2.63. The summed E-state index contributed by atoms with van der Waals surface area (Å²) in [5, 5.41) is 2.55. The molecule has 10 nitrogen and oxygen atoms in total. The molecule has 0 aromatic carbocycles. The largest absolute Gasteiger partial charge is 0.463 e. The minimum atomic E-state index is -0.803. The molecular formula is C34H54N2O8. The molecule has 0 radical (unpaired) electrons. The summed E-state index contributed by atoms with van der Waals surface area (Å²) in [6.07, 6.45) is 5.36. The zero-order valence-electron chi connectivity index (χ0n) is 28.0. The van der Waals surface area contributed by atoms with E-state index in [1.54, 1.807) is 14.0 Å². The van der Waals surface area contributed by atoms with Gasteiger partial charge in [-0.25, -0.2) is 9.59 Å². The first-order valence-corrected chi connectivity index (χ1v) is 16.4. The number of piperidine rings is 1. The molecule has 44 heavy (non-hydrogen) atoms. The molecule has 1 saturated heterocycles. The average molecular weight is 619 g/mol. The van der Waals surface area contributed by atoms with E-state index in [1.165, 1.54) is 6.08 Å². The van der Waals surface area contributed by atoms with E-state index in [9.17, 15) is 19.2 Å². The lowest BCUT2D eigenvalue weighted by atomic mass is 9.44. The van der Waals surface area contributed by atoms with Gasteiger partial charge in [0.2, 0.25) is 5.91 Å². The molecule has 2 unspecified atom stereocenters. The molecule has 4 fully saturated rings. The highest BCUT2D eigenvalue weighted by Gasteiger charge is 2.68. The van der Waals surface area contributed by atoms with Crippen LogP contribution in [0.25, 0.3) is 0 Å². The second kappa shape index (κ2) is 13.6. The molecule has 4 rings (SSSR count). The zero-order chi connectivity index (χ0) is 32.4. The van der Waals surface area contributed by atoms with Crippen LogP contribution in [0.15, 0.2) is 12.2 Å². The molecule has 10 atom stereocenters. The summed E-state index contributed by atoms with van der Waals surface area (Å²) < 4.78 is 23.3. The molecule has 1 aliphatic heterocycles. The Morgan fingerprint density at radius 2 is 1.84 bits per heavy atom. The van der Waals surface area contributed by atoms with Crippen molar-refractivity contribution in [2.75, 3.05) is 40.6 Å². The van der Waals surface area contributed by atoms with Gasteiger partial charge in [0.05, 0.1) is 18.6 Å². The van der Waals surface area contributed by atoms with Gasteiger partial charge in [0.25, 0.3) is 0 Å². The highest BCUT2D eigenvalue weighted by atomic mass is 16.7. The number of rotatable bonds is 8. The highest BCUT2D eigenvalue weighted by Crippen LogP contribution is 2.68.